The number of likely N-dealkylation sites (N-methyl/N-ethyl adjacent to an activating group) is 1. The van der Waals surface area contributed by atoms with Gasteiger partial charge in [-0.3, -0.25) is 9.69 Å². The number of hydrogen-bond acceptors (Lipinski definition) is 6. The second-order valence-corrected chi connectivity index (χ2v) is 10.5. The van der Waals surface area contributed by atoms with E-state index in [4.69, 9.17) is 9.84 Å². The third-order valence-corrected chi connectivity index (χ3v) is 7.10. The number of anilines is 2. The second kappa shape index (κ2) is 13.3. The van der Waals surface area contributed by atoms with Crippen molar-refractivity contribution >= 4 is 29.3 Å². The van der Waals surface area contributed by atoms with E-state index in [1.54, 1.807) is 66.4 Å². The Kier molecular flexibility index (Phi) is 9.59. The van der Waals surface area contributed by atoms with E-state index in [1.807, 2.05) is 32.2 Å². The largest absolute Gasteiger partial charge is 0.488 e. The summed E-state index contributed by atoms with van der Waals surface area (Å²) in [6, 6.07) is 19.9. The monoisotopic (exact) mass is 560 g/mol. The van der Waals surface area contributed by atoms with Crippen LogP contribution < -0.4 is 15.4 Å². The zero-order valence-corrected chi connectivity index (χ0v) is 23.4. The number of ether oxygens (including phenoxy) is 1. The van der Waals surface area contributed by atoms with Gasteiger partial charge in [0.1, 0.15) is 11.9 Å². The topological polar surface area (TPSA) is 131 Å². The molecule has 0 saturated carbocycles. The first-order valence-electron chi connectivity index (χ1n) is 13.5. The average molecular weight is 561 g/mol. The maximum atomic E-state index is 13.7. The van der Waals surface area contributed by atoms with Crippen LogP contribution in [0.2, 0.25) is 0 Å². The van der Waals surface area contributed by atoms with Gasteiger partial charge in [0.05, 0.1) is 23.8 Å². The first kappa shape index (κ1) is 29.6. The van der Waals surface area contributed by atoms with Gasteiger partial charge in [-0.25, -0.2) is 9.59 Å². The van der Waals surface area contributed by atoms with E-state index >= 15 is 0 Å². The highest BCUT2D eigenvalue weighted by atomic mass is 16.5. The fourth-order valence-corrected chi connectivity index (χ4v) is 4.77. The van der Waals surface area contributed by atoms with Gasteiger partial charge in [-0.2, -0.15) is 0 Å². The standard InChI is InChI=1S/C31H36N4O6/c1-20-16-35(21(2)19-36)29(37)26-15-25(33-31(40)32-24-7-5-4-6-8-24)13-14-27(26)41-28(20)18-34(3)17-22-9-11-23(12-10-22)30(38)39/h4-15,20-21,28,36H,16-19H2,1-3H3,(H,38,39)(H2,32,33,40)/t20-,21+,28-/m1/s1. The second-order valence-electron chi connectivity index (χ2n) is 10.5. The van der Waals surface area contributed by atoms with E-state index < -0.39 is 18.0 Å². The molecule has 0 spiro atoms. The maximum Gasteiger partial charge on any atom is 0.335 e. The van der Waals surface area contributed by atoms with Gasteiger partial charge in [-0.05, 0) is 62.0 Å². The molecule has 0 bridgehead atoms. The lowest BCUT2D eigenvalue weighted by molar-refractivity contribution is 0.0341. The van der Waals surface area contributed by atoms with Crippen LogP contribution in [-0.4, -0.2) is 76.8 Å². The summed E-state index contributed by atoms with van der Waals surface area (Å²) >= 11 is 0. The van der Waals surface area contributed by atoms with Gasteiger partial charge in [0.2, 0.25) is 0 Å². The number of aliphatic hydroxyl groups is 1. The predicted octanol–water partition coefficient (Wildman–Crippen LogP) is 4.38. The summed E-state index contributed by atoms with van der Waals surface area (Å²) in [6.45, 7) is 5.11. The number of nitrogens with zero attached hydrogens (tertiary/aromatic N) is 2. The Morgan fingerprint density at radius 2 is 1.73 bits per heavy atom. The molecule has 1 heterocycles. The number of carbonyl (C=O) groups excluding carboxylic acids is 2. The quantitative estimate of drug-likeness (QED) is 0.305. The molecular formula is C31H36N4O6. The fourth-order valence-electron chi connectivity index (χ4n) is 4.77. The normalized spacial score (nSPS) is 17.6. The number of aromatic carboxylic acids is 1. The van der Waals surface area contributed by atoms with Gasteiger partial charge in [-0.15, -0.1) is 0 Å². The van der Waals surface area contributed by atoms with Gasteiger partial charge in [0, 0.05) is 36.9 Å². The van der Waals surface area contributed by atoms with E-state index in [2.05, 4.69) is 15.5 Å². The Labute approximate surface area is 239 Å². The average Bonchev–Trinajstić information content (AvgIpc) is 2.95. The number of hydrogen-bond donors (Lipinski definition) is 4. The van der Waals surface area contributed by atoms with Crippen LogP contribution in [0.4, 0.5) is 16.2 Å². The Bertz CT molecular complexity index is 1360. The van der Waals surface area contributed by atoms with Crippen molar-refractivity contribution in [3.05, 3.63) is 89.5 Å². The number of para-hydroxylation sites is 1. The molecule has 0 radical (unpaired) electrons. The van der Waals surface area contributed by atoms with Crippen molar-refractivity contribution in [3.8, 4) is 5.75 Å². The molecule has 0 saturated heterocycles. The number of nitrogens with one attached hydrogen (secondary N) is 2. The summed E-state index contributed by atoms with van der Waals surface area (Å²) < 4.78 is 6.44. The van der Waals surface area contributed by atoms with Crippen LogP contribution in [0.25, 0.3) is 0 Å². The van der Waals surface area contributed by atoms with Crippen molar-refractivity contribution in [3.63, 3.8) is 0 Å². The summed E-state index contributed by atoms with van der Waals surface area (Å²) in [5.41, 5.74) is 2.56. The number of fused-ring (bicyclic) bond motifs is 1. The molecule has 4 N–H and O–H groups in total. The number of rotatable bonds is 9. The van der Waals surface area contributed by atoms with E-state index in [0.29, 0.717) is 42.3 Å². The number of benzene rings is 3. The van der Waals surface area contributed by atoms with Gasteiger partial charge >= 0.3 is 12.0 Å². The predicted molar refractivity (Wildman–Crippen MR) is 156 cm³/mol. The van der Waals surface area contributed by atoms with Crippen LogP contribution in [-0.2, 0) is 6.54 Å². The van der Waals surface area contributed by atoms with Gasteiger partial charge in [0.25, 0.3) is 5.91 Å². The summed E-state index contributed by atoms with van der Waals surface area (Å²) in [5, 5.41) is 24.6. The Morgan fingerprint density at radius 1 is 1.05 bits per heavy atom. The summed E-state index contributed by atoms with van der Waals surface area (Å²) in [4.78, 5) is 41.1. The zero-order valence-electron chi connectivity index (χ0n) is 23.4. The smallest absolute Gasteiger partial charge is 0.335 e. The third-order valence-electron chi connectivity index (χ3n) is 7.10. The minimum absolute atomic E-state index is 0.0626. The molecule has 41 heavy (non-hydrogen) atoms. The SMILES string of the molecule is C[C@@H]1CN([C@@H](C)CO)C(=O)c2cc(NC(=O)Nc3ccccc3)ccc2O[C@@H]1CN(C)Cc1ccc(C(=O)O)cc1. The van der Waals surface area contributed by atoms with Crippen molar-refractivity contribution in [1.82, 2.24) is 9.80 Å². The van der Waals surface area contributed by atoms with Crippen molar-refractivity contribution in [1.29, 1.82) is 0 Å². The lowest BCUT2D eigenvalue weighted by Gasteiger charge is -2.38. The number of carboxylic acid groups (broad SMARTS) is 1. The summed E-state index contributed by atoms with van der Waals surface area (Å²) in [6.07, 6.45) is -0.293. The highest BCUT2D eigenvalue weighted by Gasteiger charge is 2.33. The number of urea groups is 1. The molecule has 1 aliphatic heterocycles. The number of amides is 3. The molecule has 216 valence electrons. The zero-order chi connectivity index (χ0) is 29.5. The lowest BCUT2D eigenvalue weighted by atomic mass is 9.99. The van der Waals surface area contributed by atoms with Gasteiger partial charge in [0.15, 0.2) is 0 Å². The molecule has 1 aliphatic rings. The fraction of sp³-hybridized carbons (Fsp3) is 0.323. The van der Waals surface area contributed by atoms with Crippen LogP contribution in [0.15, 0.2) is 72.8 Å². The molecule has 10 heteroatoms. The van der Waals surface area contributed by atoms with E-state index in [9.17, 15) is 19.5 Å². The first-order valence-corrected chi connectivity index (χ1v) is 13.5. The van der Waals surface area contributed by atoms with Crippen LogP contribution in [0, 0.1) is 5.92 Å². The number of carbonyl (C=O) groups is 3. The van der Waals surface area contributed by atoms with E-state index in [-0.39, 0.29) is 30.1 Å². The lowest BCUT2D eigenvalue weighted by Crippen LogP contribution is -2.49. The van der Waals surface area contributed by atoms with Crippen LogP contribution in [0.5, 0.6) is 5.75 Å². The van der Waals surface area contributed by atoms with Crippen LogP contribution in [0.3, 0.4) is 0 Å². The molecule has 3 aromatic rings. The minimum atomic E-state index is -0.966. The van der Waals surface area contributed by atoms with E-state index in [0.717, 1.165) is 5.56 Å². The summed E-state index contributed by atoms with van der Waals surface area (Å²) in [7, 11) is 1.96. The highest BCUT2D eigenvalue weighted by Crippen LogP contribution is 2.31. The van der Waals surface area contributed by atoms with Crippen molar-refractivity contribution in [2.24, 2.45) is 5.92 Å². The number of aliphatic hydroxyl groups excluding tert-OH is 1. The maximum absolute atomic E-state index is 13.7. The molecule has 0 unspecified atom stereocenters. The Morgan fingerprint density at radius 3 is 2.39 bits per heavy atom. The Balaban J connectivity index is 1.54. The van der Waals surface area contributed by atoms with Crippen molar-refractivity contribution in [2.75, 3.05) is 37.4 Å². The molecular weight excluding hydrogens is 524 g/mol. The molecule has 3 atom stereocenters. The highest BCUT2D eigenvalue weighted by molar-refractivity contribution is 6.02. The van der Waals surface area contributed by atoms with Gasteiger partial charge in [-0.1, -0.05) is 37.3 Å². The molecule has 10 nitrogen and oxygen atoms in total. The molecule has 0 aliphatic carbocycles. The molecule has 0 fully saturated rings. The molecule has 4 rings (SSSR count). The minimum Gasteiger partial charge on any atom is -0.488 e. The van der Waals surface area contributed by atoms with Crippen molar-refractivity contribution in [2.45, 2.75) is 32.5 Å². The van der Waals surface area contributed by atoms with E-state index in [1.165, 1.54) is 0 Å². The third kappa shape index (κ3) is 7.62. The van der Waals surface area contributed by atoms with Crippen LogP contribution >= 0.6 is 0 Å². The number of carboxylic acids is 1. The molecule has 0 aromatic heterocycles. The van der Waals surface area contributed by atoms with Crippen molar-refractivity contribution < 1.29 is 29.3 Å². The summed E-state index contributed by atoms with van der Waals surface area (Å²) in [5.74, 6) is -0.917. The molecule has 3 aromatic carbocycles. The Hall–Kier alpha value is -4.41. The first-order chi connectivity index (χ1) is 19.6. The van der Waals surface area contributed by atoms with Gasteiger partial charge < -0.3 is 30.5 Å². The van der Waals surface area contributed by atoms with Crippen LogP contribution in [0.1, 0.15) is 40.1 Å². The molecule has 3 amide bonds.